The van der Waals surface area contributed by atoms with Gasteiger partial charge in [0, 0.05) is 56.3 Å². The monoisotopic (exact) mass is 666 g/mol. The summed E-state index contributed by atoms with van der Waals surface area (Å²) in [6.45, 7) is 9.64. The number of hydrogen-bond donors (Lipinski definition) is 1. The second kappa shape index (κ2) is 14.9. The van der Waals surface area contributed by atoms with Crippen LogP contribution in [0.15, 0.2) is 59.5 Å². The fraction of sp³-hybridized carbons (Fsp3) is 0.441. The van der Waals surface area contributed by atoms with Gasteiger partial charge in [0.25, 0.3) is 11.8 Å². The van der Waals surface area contributed by atoms with Crippen molar-refractivity contribution in [2.24, 2.45) is 5.92 Å². The van der Waals surface area contributed by atoms with Gasteiger partial charge in [-0.25, -0.2) is 8.42 Å². The Hall–Kier alpha value is -3.58. The molecule has 2 amide bonds. The molecule has 1 atom stereocenters. The van der Waals surface area contributed by atoms with Crippen LogP contribution < -0.4 is 5.32 Å². The van der Waals surface area contributed by atoms with E-state index in [-0.39, 0.29) is 35.5 Å². The van der Waals surface area contributed by atoms with Gasteiger partial charge in [0.2, 0.25) is 10.0 Å². The van der Waals surface area contributed by atoms with Gasteiger partial charge in [0.1, 0.15) is 5.00 Å². The first kappa shape index (κ1) is 33.8. The van der Waals surface area contributed by atoms with Crippen LogP contribution in [-0.2, 0) is 39.1 Å². The molecule has 1 unspecified atom stereocenters. The van der Waals surface area contributed by atoms with Gasteiger partial charge >= 0.3 is 5.97 Å². The Morgan fingerprint density at radius 1 is 1.00 bits per heavy atom. The fourth-order valence-electron chi connectivity index (χ4n) is 6.13. The number of anilines is 1. The van der Waals surface area contributed by atoms with Crippen molar-refractivity contribution in [2.45, 2.75) is 58.0 Å². The second-order valence-corrected chi connectivity index (χ2v) is 14.6. The maximum atomic E-state index is 13.7. The van der Waals surface area contributed by atoms with E-state index in [0.29, 0.717) is 56.0 Å². The van der Waals surface area contributed by atoms with Crippen LogP contribution in [-0.4, -0.2) is 79.6 Å². The smallest absolute Gasteiger partial charge is 0.310 e. The molecule has 0 aliphatic carbocycles. The first-order chi connectivity index (χ1) is 22.2. The molecule has 246 valence electrons. The van der Waals surface area contributed by atoms with Crippen molar-refractivity contribution >= 4 is 44.1 Å². The van der Waals surface area contributed by atoms with Crippen LogP contribution in [0.5, 0.6) is 0 Å². The molecule has 2 aromatic carbocycles. The van der Waals surface area contributed by atoms with E-state index >= 15 is 0 Å². The summed E-state index contributed by atoms with van der Waals surface area (Å²) in [5.74, 6) is -1.40. The number of rotatable bonds is 11. The summed E-state index contributed by atoms with van der Waals surface area (Å²) in [7, 11) is -3.87. The van der Waals surface area contributed by atoms with Crippen LogP contribution in [0.25, 0.3) is 0 Å². The topological polar surface area (TPSA) is 116 Å². The summed E-state index contributed by atoms with van der Waals surface area (Å²) in [5.41, 5.74) is 3.04. The molecule has 5 rings (SSSR count). The molecule has 2 aliphatic heterocycles. The number of benzene rings is 2. The number of amides is 2. The molecule has 1 aromatic heterocycles. The van der Waals surface area contributed by atoms with Gasteiger partial charge < -0.3 is 15.0 Å². The second-order valence-electron chi connectivity index (χ2n) is 11.6. The van der Waals surface area contributed by atoms with Gasteiger partial charge in [-0.2, -0.15) is 4.31 Å². The highest BCUT2D eigenvalue weighted by Gasteiger charge is 2.34. The lowest BCUT2D eigenvalue weighted by molar-refractivity contribution is -0.149. The van der Waals surface area contributed by atoms with E-state index in [4.69, 9.17) is 4.74 Å². The van der Waals surface area contributed by atoms with Crippen molar-refractivity contribution < 1.29 is 27.5 Å². The van der Waals surface area contributed by atoms with Gasteiger partial charge in [-0.15, -0.1) is 11.3 Å². The summed E-state index contributed by atoms with van der Waals surface area (Å²) in [4.78, 5) is 44.7. The molecule has 10 nitrogen and oxygen atoms in total. The summed E-state index contributed by atoms with van der Waals surface area (Å²) >= 11 is 1.44. The number of nitrogens with one attached hydrogen (secondary N) is 1. The Bertz CT molecular complexity index is 1650. The predicted molar refractivity (Wildman–Crippen MR) is 178 cm³/mol. The van der Waals surface area contributed by atoms with E-state index in [1.165, 1.54) is 45.5 Å². The molecule has 46 heavy (non-hydrogen) atoms. The van der Waals surface area contributed by atoms with Gasteiger partial charge in [0.05, 0.1) is 23.0 Å². The van der Waals surface area contributed by atoms with E-state index in [1.807, 2.05) is 32.0 Å². The fourth-order valence-corrected chi connectivity index (χ4v) is 8.93. The average Bonchev–Trinajstić information content (AvgIpc) is 3.42. The zero-order valence-corrected chi connectivity index (χ0v) is 28.3. The molecule has 12 heteroatoms. The van der Waals surface area contributed by atoms with Gasteiger partial charge in [0.15, 0.2) is 0 Å². The Balaban J connectivity index is 1.34. The lowest BCUT2D eigenvalue weighted by Gasteiger charge is -2.30. The van der Waals surface area contributed by atoms with Gasteiger partial charge in [-0.3, -0.25) is 19.3 Å². The highest BCUT2D eigenvalue weighted by molar-refractivity contribution is 7.89. The zero-order valence-electron chi connectivity index (χ0n) is 26.7. The molecule has 1 N–H and O–H groups in total. The standard InChI is InChI=1S/C34H42N4O6S2/c1-4-37(5-2)33(40)30-28-18-20-36(21-24-11-8-7-9-12-24)23-29(28)45-32(30)35-31(39)25-14-16-27(17-15-25)46(42,43)38-19-10-13-26(22-38)34(41)44-6-3/h7-9,11-12,14-17,26H,4-6,10,13,18-23H2,1-3H3,(H,35,39). The Morgan fingerprint density at radius 2 is 1.72 bits per heavy atom. The molecule has 1 fully saturated rings. The molecule has 3 heterocycles. The third-order valence-corrected chi connectivity index (χ3v) is 11.6. The van der Waals surface area contributed by atoms with Crippen molar-refractivity contribution in [2.75, 3.05) is 44.6 Å². The molecule has 0 radical (unpaired) electrons. The summed E-state index contributed by atoms with van der Waals surface area (Å²) in [6, 6.07) is 16.1. The summed E-state index contributed by atoms with van der Waals surface area (Å²) in [5, 5.41) is 3.50. The van der Waals surface area contributed by atoms with Gasteiger partial charge in [-0.1, -0.05) is 30.3 Å². The lowest BCUT2D eigenvalue weighted by Crippen LogP contribution is -2.42. The first-order valence-corrected chi connectivity index (χ1v) is 18.2. The molecular weight excluding hydrogens is 625 g/mol. The van der Waals surface area contributed by atoms with E-state index < -0.39 is 21.8 Å². The normalized spacial score (nSPS) is 17.2. The van der Waals surface area contributed by atoms with Crippen LogP contribution in [0.4, 0.5) is 5.00 Å². The van der Waals surface area contributed by atoms with Crippen LogP contribution in [0.2, 0.25) is 0 Å². The van der Waals surface area contributed by atoms with Crippen molar-refractivity contribution in [3.8, 4) is 0 Å². The molecule has 3 aromatic rings. The maximum absolute atomic E-state index is 13.7. The summed E-state index contributed by atoms with van der Waals surface area (Å²) < 4.78 is 33.2. The Labute approximate surface area is 275 Å². The molecule has 1 saturated heterocycles. The van der Waals surface area contributed by atoms with Crippen molar-refractivity contribution in [3.05, 3.63) is 81.7 Å². The average molecular weight is 667 g/mol. The highest BCUT2D eigenvalue weighted by atomic mass is 32.2. The predicted octanol–water partition coefficient (Wildman–Crippen LogP) is 5.00. The Kier molecular flexibility index (Phi) is 10.9. The van der Waals surface area contributed by atoms with Crippen LogP contribution in [0, 0.1) is 5.92 Å². The molecule has 0 spiro atoms. The van der Waals surface area contributed by atoms with Crippen molar-refractivity contribution in [1.29, 1.82) is 0 Å². The highest BCUT2D eigenvalue weighted by Crippen LogP contribution is 2.38. The molecule has 0 saturated carbocycles. The third-order valence-electron chi connectivity index (χ3n) is 8.63. The van der Waals surface area contributed by atoms with E-state index in [2.05, 4.69) is 22.3 Å². The van der Waals surface area contributed by atoms with E-state index in [9.17, 15) is 22.8 Å². The molecule has 2 aliphatic rings. The third kappa shape index (κ3) is 7.35. The van der Waals surface area contributed by atoms with Crippen molar-refractivity contribution in [3.63, 3.8) is 0 Å². The number of carbonyl (C=O) groups is 3. The lowest BCUT2D eigenvalue weighted by atomic mass is 10.0. The maximum Gasteiger partial charge on any atom is 0.310 e. The van der Waals surface area contributed by atoms with E-state index in [0.717, 1.165) is 23.5 Å². The number of fused-ring (bicyclic) bond motifs is 1. The number of hydrogen-bond acceptors (Lipinski definition) is 8. The first-order valence-electron chi connectivity index (χ1n) is 15.9. The largest absolute Gasteiger partial charge is 0.466 e. The quantitative estimate of drug-likeness (QED) is 0.286. The van der Waals surface area contributed by atoms with Crippen LogP contribution in [0.3, 0.4) is 0 Å². The van der Waals surface area contributed by atoms with Crippen molar-refractivity contribution in [1.82, 2.24) is 14.1 Å². The minimum Gasteiger partial charge on any atom is -0.466 e. The number of carbonyl (C=O) groups excluding carboxylic acids is 3. The number of sulfonamides is 1. The zero-order chi connectivity index (χ0) is 32.8. The van der Waals surface area contributed by atoms with Crippen LogP contribution in [0.1, 0.15) is 70.3 Å². The van der Waals surface area contributed by atoms with Crippen LogP contribution >= 0.6 is 11.3 Å². The minimum atomic E-state index is -3.87. The van der Waals surface area contributed by atoms with E-state index in [1.54, 1.807) is 11.8 Å². The summed E-state index contributed by atoms with van der Waals surface area (Å²) in [6.07, 6.45) is 1.85. The number of nitrogens with zero attached hydrogens (tertiary/aromatic N) is 3. The number of ether oxygens (including phenoxy) is 1. The number of esters is 1. The Morgan fingerprint density at radius 3 is 2.39 bits per heavy atom. The SMILES string of the molecule is CCOC(=O)C1CCCN(S(=O)(=O)c2ccc(C(=O)Nc3sc4c(c3C(=O)N(CC)CC)CCN(Cc3ccccc3)C4)cc2)C1. The molecule has 0 bridgehead atoms. The number of thiophene rings is 1. The number of piperidine rings is 1. The minimum absolute atomic E-state index is 0.0519. The molecular formula is C34H42N4O6S2. The van der Waals surface area contributed by atoms with Gasteiger partial charge in [-0.05, 0) is 75.4 Å².